The summed E-state index contributed by atoms with van der Waals surface area (Å²) in [6.07, 6.45) is 6.42. The Kier molecular flexibility index (Phi) is 7.95. The number of anilines is 1. The van der Waals surface area contributed by atoms with Gasteiger partial charge in [-0.3, -0.25) is 15.0 Å². The van der Waals surface area contributed by atoms with Crippen LogP contribution in [0.4, 0.5) is 5.69 Å². The average Bonchev–Trinajstić information content (AvgIpc) is 3.75. The van der Waals surface area contributed by atoms with E-state index in [1.807, 2.05) is 42.8 Å². The molecule has 34 heavy (non-hydrogen) atoms. The molecule has 2 amide bonds. The van der Waals surface area contributed by atoms with E-state index in [4.69, 9.17) is 10.6 Å². The van der Waals surface area contributed by atoms with E-state index in [0.717, 1.165) is 54.0 Å². The second-order valence-corrected chi connectivity index (χ2v) is 10.4. The van der Waals surface area contributed by atoms with Crippen LogP contribution in [0, 0.1) is 37.5 Å². The summed E-state index contributed by atoms with van der Waals surface area (Å²) < 4.78 is 7.59. The number of nitrogens with two attached hydrogens (primary N) is 1. The summed E-state index contributed by atoms with van der Waals surface area (Å²) in [4.78, 5) is 25.7. The first-order chi connectivity index (χ1) is 16.4. The number of nitrogens with one attached hydrogen (secondary N) is 2. The number of hydrogen-bond donors (Lipinski definition) is 3. The van der Waals surface area contributed by atoms with Crippen molar-refractivity contribution in [3.63, 3.8) is 0 Å². The molecule has 0 bridgehead atoms. The lowest BCUT2D eigenvalue weighted by molar-refractivity contribution is -0.135. The van der Waals surface area contributed by atoms with Gasteiger partial charge in [-0.2, -0.15) is 16.9 Å². The van der Waals surface area contributed by atoms with Crippen LogP contribution in [-0.2, 0) is 21.1 Å². The monoisotopic (exact) mass is 485 g/mol. The molecule has 184 valence electrons. The number of nitrogens with zero attached hydrogens (tertiary/aromatic N) is 2. The van der Waals surface area contributed by atoms with Crippen LogP contribution >= 0.6 is 11.8 Å². The van der Waals surface area contributed by atoms with E-state index in [9.17, 15) is 9.59 Å². The zero-order chi connectivity index (χ0) is 24.2. The molecule has 9 heteroatoms. The summed E-state index contributed by atoms with van der Waals surface area (Å²) in [5.74, 6) is 5.97. The molecule has 1 atom stereocenters. The molecule has 0 saturated heterocycles. The Balaban J connectivity index is 1.46. The lowest BCUT2D eigenvalue weighted by Gasteiger charge is -2.25. The molecule has 2 aromatic rings. The number of carbonyl (C=O) groups is 2. The third kappa shape index (κ3) is 5.64. The fourth-order valence-corrected chi connectivity index (χ4v) is 5.21. The largest absolute Gasteiger partial charge is 0.358 e. The molecule has 1 aromatic heterocycles. The third-order valence-corrected chi connectivity index (χ3v) is 7.47. The first kappa shape index (κ1) is 24.8. The molecule has 2 saturated carbocycles. The maximum atomic E-state index is 13.2. The summed E-state index contributed by atoms with van der Waals surface area (Å²) in [5, 5.41) is 7.59. The van der Waals surface area contributed by atoms with Gasteiger partial charge in [-0.05, 0) is 81.2 Å². The Labute approximate surface area is 205 Å². The van der Waals surface area contributed by atoms with Crippen LogP contribution in [0.1, 0.15) is 37.1 Å². The number of hydrazine groups is 1. The molecule has 0 spiro atoms. The van der Waals surface area contributed by atoms with Gasteiger partial charge in [0, 0.05) is 22.7 Å². The second kappa shape index (κ2) is 10.9. The molecule has 1 unspecified atom stereocenters. The molecule has 2 aliphatic rings. The zero-order valence-electron chi connectivity index (χ0n) is 20.2. The zero-order valence-corrected chi connectivity index (χ0v) is 21.0. The highest BCUT2D eigenvalue weighted by atomic mass is 32.2. The molecular formula is C25H35N5O3S. The van der Waals surface area contributed by atoms with Crippen LogP contribution in [0.3, 0.4) is 0 Å². The van der Waals surface area contributed by atoms with E-state index in [1.165, 1.54) is 0 Å². The Morgan fingerprint density at radius 1 is 1.15 bits per heavy atom. The van der Waals surface area contributed by atoms with Crippen LogP contribution in [0.5, 0.6) is 0 Å². The topological polar surface area (TPSA) is 111 Å². The number of aromatic nitrogens is 2. The quantitative estimate of drug-likeness (QED) is 0.140. The lowest BCUT2D eigenvalue weighted by Crippen LogP contribution is -2.46. The molecule has 2 aliphatic carbocycles. The Morgan fingerprint density at radius 2 is 1.79 bits per heavy atom. The summed E-state index contributed by atoms with van der Waals surface area (Å²) in [6, 6.07) is 7.70. The first-order valence-electron chi connectivity index (χ1n) is 12.0. The number of hydrogen-bond acceptors (Lipinski definition) is 6. The molecule has 1 aromatic carbocycles. The van der Waals surface area contributed by atoms with E-state index in [1.54, 1.807) is 11.8 Å². The first-order valence-corrected chi connectivity index (χ1v) is 13.4. The van der Waals surface area contributed by atoms with Gasteiger partial charge in [-0.15, -0.1) is 0 Å². The van der Waals surface area contributed by atoms with Crippen LogP contribution < -0.4 is 16.6 Å². The number of benzene rings is 1. The molecule has 2 fully saturated rings. The smallest absolute Gasteiger partial charge is 0.246 e. The van der Waals surface area contributed by atoms with Crippen molar-refractivity contribution in [1.82, 2.24) is 15.2 Å². The molecule has 1 heterocycles. The molecule has 4 rings (SSSR count). The Bertz CT molecular complexity index is 1000. The van der Waals surface area contributed by atoms with Gasteiger partial charge >= 0.3 is 0 Å². The summed E-state index contributed by atoms with van der Waals surface area (Å²) >= 11 is 1.75. The Hall–Kier alpha value is -2.36. The fraction of sp³-hybridized carbons (Fsp3) is 0.560. The predicted molar refractivity (Wildman–Crippen MR) is 135 cm³/mol. The van der Waals surface area contributed by atoms with Crippen LogP contribution in [0.25, 0.3) is 11.1 Å². The van der Waals surface area contributed by atoms with Crippen LogP contribution in [-0.4, -0.2) is 40.2 Å². The standard InChI is InChI=1S/C25H35N5O3S/c1-15-21(16(2)30(29-15)14-33-12-13-34-3)17-8-10-20(11-9-17)27-24(31)23(25(32)28-26)22(18-4-5-18)19-6-7-19/h8-11,18-19,22-23H,4-7,12-14,26H2,1-3H3,(H,27,31)(H,28,32). The van der Waals surface area contributed by atoms with Crippen molar-refractivity contribution < 1.29 is 14.3 Å². The van der Waals surface area contributed by atoms with Crippen molar-refractivity contribution in [3.8, 4) is 11.1 Å². The fourth-order valence-electron chi connectivity index (χ4n) is 4.92. The number of ether oxygens (including phenoxy) is 1. The second-order valence-electron chi connectivity index (χ2n) is 9.38. The van der Waals surface area contributed by atoms with Crippen LogP contribution in [0.2, 0.25) is 0 Å². The van der Waals surface area contributed by atoms with E-state index in [-0.39, 0.29) is 11.8 Å². The summed E-state index contributed by atoms with van der Waals surface area (Å²) in [6.45, 7) is 5.14. The molecule has 0 radical (unpaired) electrons. The van der Waals surface area contributed by atoms with Crippen molar-refractivity contribution in [1.29, 1.82) is 0 Å². The summed E-state index contributed by atoms with van der Waals surface area (Å²) in [5.41, 5.74) is 6.94. The van der Waals surface area contributed by atoms with Crippen LogP contribution in [0.15, 0.2) is 24.3 Å². The highest BCUT2D eigenvalue weighted by molar-refractivity contribution is 7.98. The minimum Gasteiger partial charge on any atom is -0.358 e. The number of carbonyl (C=O) groups excluding carboxylic acids is 2. The third-order valence-electron chi connectivity index (χ3n) is 6.89. The number of rotatable bonds is 12. The minimum atomic E-state index is -0.751. The van der Waals surface area contributed by atoms with Gasteiger partial charge in [0.1, 0.15) is 12.6 Å². The SMILES string of the molecule is CSCCOCn1nc(C)c(-c2ccc(NC(=O)C(C(=O)NN)C(C3CC3)C3CC3)cc2)c1C. The highest BCUT2D eigenvalue weighted by Gasteiger charge is 2.50. The van der Waals surface area contributed by atoms with E-state index >= 15 is 0 Å². The number of aryl methyl sites for hydroxylation is 1. The highest BCUT2D eigenvalue weighted by Crippen LogP contribution is 2.52. The van der Waals surface area contributed by atoms with Gasteiger partial charge in [-0.25, -0.2) is 10.5 Å². The molecule has 4 N–H and O–H groups in total. The molecule has 0 aliphatic heterocycles. The molecule has 8 nitrogen and oxygen atoms in total. The maximum Gasteiger partial charge on any atom is 0.246 e. The van der Waals surface area contributed by atoms with E-state index < -0.39 is 11.8 Å². The van der Waals surface area contributed by atoms with Gasteiger partial charge in [0.2, 0.25) is 11.8 Å². The van der Waals surface area contributed by atoms with Gasteiger partial charge in [0.15, 0.2) is 0 Å². The lowest BCUT2D eigenvalue weighted by atomic mass is 9.82. The van der Waals surface area contributed by atoms with Crippen molar-refractivity contribution in [3.05, 3.63) is 35.7 Å². The van der Waals surface area contributed by atoms with Crippen molar-refractivity contribution in [2.45, 2.75) is 46.3 Å². The van der Waals surface area contributed by atoms with Gasteiger partial charge in [-0.1, -0.05) is 12.1 Å². The number of amides is 2. The van der Waals surface area contributed by atoms with Gasteiger partial charge in [0.05, 0.1) is 12.3 Å². The maximum absolute atomic E-state index is 13.2. The van der Waals surface area contributed by atoms with Crippen molar-refractivity contribution >= 4 is 29.3 Å². The molecular weight excluding hydrogens is 450 g/mol. The normalized spacial score (nSPS) is 16.5. The Morgan fingerprint density at radius 3 is 2.35 bits per heavy atom. The van der Waals surface area contributed by atoms with E-state index in [0.29, 0.717) is 30.9 Å². The minimum absolute atomic E-state index is 0.0806. The van der Waals surface area contributed by atoms with Gasteiger partial charge < -0.3 is 10.1 Å². The predicted octanol–water partition coefficient (Wildman–Crippen LogP) is 3.48. The van der Waals surface area contributed by atoms with Crippen molar-refractivity contribution in [2.75, 3.05) is 23.9 Å². The summed E-state index contributed by atoms with van der Waals surface area (Å²) in [7, 11) is 0. The van der Waals surface area contributed by atoms with E-state index in [2.05, 4.69) is 22.1 Å². The van der Waals surface area contributed by atoms with Gasteiger partial charge in [0.25, 0.3) is 0 Å². The van der Waals surface area contributed by atoms with Crippen molar-refractivity contribution in [2.24, 2.45) is 29.5 Å². The number of thioether (sulfide) groups is 1. The average molecular weight is 486 g/mol.